The van der Waals surface area contributed by atoms with E-state index in [4.69, 9.17) is 10.5 Å². The van der Waals surface area contributed by atoms with Crippen LogP contribution in [-0.2, 0) is 25.7 Å². The second kappa shape index (κ2) is 14.7. The summed E-state index contributed by atoms with van der Waals surface area (Å²) >= 11 is 0. The van der Waals surface area contributed by atoms with Crippen molar-refractivity contribution in [2.24, 2.45) is 23.5 Å². The minimum Gasteiger partial charge on any atom is -0.374 e. The summed E-state index contributed by atoms with van der Waals surface area (Å²) in [7, 11) is 0. The van der Waals surface area contributed by atoms with Crippen molar-refractivity contribution in [1.82, 2.24) is 5.32 Å². The lowest BCUT2D eigenvalue weighted by molar-refractivity contribution is -0.131. The number of benzene rings is 1. The predicted molar refractivity (Wildman–Crippen MR) is 132 cm³/mol. The average molecular weight is 462 g/mol. The molecule has 1 rings (SSSR count). The number of amides is 3. The number of carbonyl (C=O) groups excluding carboxylic acids is 3. The Morgan fingerprint density at radius 2 is 1.58 bits per heavy atom. The highest BCUT2D eigenvalue weighted by Gasteiger charge is 2.28. The van der Waals surface area contributed by atoms with Crippen molar-refractivity contribution in [3.05, 3.63) is 29.8 Å². The van der Waals surface area contributed by atoms with Crippen LogP contribution in [0.5, 0.6) is 0 Å². The molecule has 33 heavy (non-hydrogen) atoms. The molecule has 1 aromatic carbocycles. The van der Waals surface area contributed by atoms with Gasteiger partial charge in [-0.1, -0.05) is 46.2 Å². The first-order valence-corrected chi connectivity index (χ1v) is 12.1. The molecule has 1 aromatic rings. The van der Waals surface area contributed by atoms with E-state index in [0.29, 0.717) is 37.5 Å². The molecule has 4 N–H and O–H groups in total. The molecule has 0 aliphatic rings. The number of hydrogen-bond donors (Lipinski definition) is 3. The van der Waals surface area contributed by atoms with E-state index >= 15 is 0 Å². The standard InChI is InChI=1S/C26H43N3O4/c1-17(2)15-22(18(3)4)25(31)29-23(9-7-8-10-24(27)30)26(32)28-21-13-11-20(12-14-21)16-33-19(5)6/h11-14,17-19,22-23H,7-10,15-16H2,1-6H3,(H2,27,30)(H,28,32)(H,29,31)/t22-,23-/m0/s1. The highest BCUT2D eigenvalue weighted by Crippen LogP contribution is 2.21. The van der Waals surface area contributed by atoms with Gasteiger partial charge in [0.2, 0.25) is 17.7 Å². The van der Waals surface area contributed by atoms with Crippen LogP contribution in [0.1, 0.15) is 79.2 Å². The maximum atomic E-state index is 13.0. The van der Waals surface area contributed by atoms with Crippen LogP contribution in [0.2, 0.25) is 0 Å². The lowest BCUT2D eigenvalue weighted by Gasteiger charge is -2.25. The zero-order chi connectivity index (χ0) is 25.0. The van der Waals surface area contributed by atoms with Crippen LogP contribution < -0.4 is 16.4 Å². The molecule has 0 unspecified atom stereocenters. The Morgan fingerprint density at radius 3 is 2.09 bits per heavy atom. The summed E-state index contributed by atoms with van der Waals surface area (Å²) in [5, 5.41) is 5.88. The number of hydrogen-bond acceptors (Lipinski definition) is 4. The summed E-state index contributed by atoms with van der Waals surface area (Å²) in [6.07, 6.45) is 2.82. The number of nitrogens with one attached hydrogen (secondary N) is 2. The van der Waals surface area contributed by atoms with E-state index in [1.165, 1.54) is 0 Å². The van der Waals surface area contributed by atoms with Gasteiger partial charge < -0.3 is 21.1 Å². The third-order valence-electron chi connectivity index (χ3n) is 5.47. The maximum absolute atomic E-state index is 13.0. The Labute approximate surface area is 199 Å². The molecule has 3 amide bonds. The minimum atomic E-state index is -0.678. The summed E-state index contributed by atoms with van der Waals surface area (Å²) in [6, 6.07) is 6.81. The monoisotopic (exact) mass is 461 g/mol. The van der Waals surface area contributed by atoms with Crippen LogP contribution >= 0.6 is 0 Å². The molecule has 186 valence electrons. The van der Waals surface area contributed by atoms with Crippen LogP contribution in [0.3, 0.4) is 0 Å². The molecular formula is C26H43N3O4. The van der Waals surface area contributed by atoms with E-state index in [2.05, 4.69) is 24.5 Å². The van der Waals surface area contributed by atoms with Gasteiger partial charge >= 0.3 is 0 Å². The molecule has 0 saturated heterocycles. The Kier molecular flexibility index (Phi) is 12.7. The van der Waals surface area contributed by atoms with E-state index in [1.807, 2.05) is 52.0 Å². The second-order valence-corrected chi connectivity index (χ2v) is 9.80. The van der Waals surface area contributed by atoms with Crippen LogP contribution in [0.15, 0.2) is 24.3 Å². The molecule has 2 atom stereocenters. The Balaban J connectivity index is 2.85. The fourth-order valence-corrected chi connectivity index (χ4v) is 3.56. The number of rotatable bonds is 15. The van der Waals surface area contributed by atoms with Gasteiger partial charge in [-0.2, -0.15) is 0 Å². The zero-order valence-corrected chi connectivity index (χ0v) is 21.1. The Hall–Kier alpha value is -2.41. The van der Waals surface area contributed by atoms with Crippen molar-refractivity contribution in [3.8, 4) is 0 Å². The first kappa shape index (κ1) is 28.6. The summed E-state index contributed by atoms with van der Waals surface area (Å²) in [6.45, 7) is 12.7. The maximum Gasteiger partial charge on any atom is 0.246 e. The number of ether oxygens (including phenoxy) is 1. The van der Waals surface area contributed by atoms with Gasteiger partial charge in [0.1, 0.15) is 6.04 Å². The highest BCUT2D eigenvalue weighted by atomic mass is 16.5. The first-order valence-electron chi connectivity index (χ1n) is 12.1. The molecule has 0 fully saturated rings. The van der Waals surface area contributed by atoms with Crippen molar-refractivity contribution in [2.75, 3.05) is 5.32 Å². The molecule has 7 heteroatoms. The summed E-state index contributed by atoms with van der Waals surface area (Å²) in [4.78, 5) is 37.1. The van der Waals surface area contributed by atoms with Crippen LogP contribution in [0.25, 0.3) is 0 Å². The molecule has 0 spiro atoms. The van der Waals surface area contributed by atoms with E-state index < -0.39 is 6.04 Å². The van der Waals surface area contributed by atoms with Crippen molar-refractivity contribution in [2.45, 2.75) is 92.4 Å². The molecule has 0 aromatic heterocycles. The highest BCUT2D eigenvalue weighted by molar-refractivity contribution is 5.97. The van der Waals surface area contributed by atoms with Gasteiger partial charge in [-0.05, 0) is 62.6 Å². The fraction of sp³-hybridized carbons (Fsp3) is 0.654. The average Bonchev–Trinajstić information content (AvgIpc) is 2.72. The molecule has 0 radical (unpaired) electrons. The quantitative estimate of drug-likeness (QED) is 0.336. The normalized spacial score (nSPS) is 13.2. The van der Waals surface area contributed by atoms with Gasteiger partial charge in [-0.25, -0.2) is 0 Å². The van der Waals surface area contributed by atoms with E-state index in [9.17, 15) is 14.4 Å². The summed E-state index contributed by atoms with van der Waals surface area (Å²) in [5.41, 5.74) is 6.90. The van der Waals surface area contributed by atoms with Crippen molar-refractivity contribution < 1.29 is 19.1 Å². The molecule has 0 aliphatic carbocycles. The van der Waals surface area contributed by atoms with Crippen LogP contribution in [0.4, 0.5) is 5.69 Å². The third kappa shape index (κ3) is 11.9. The minimum absolute atomic E-state index is 0.102. The van der Waals surface area contributed by atoms with Gasteiger partial charge in [-0.15, -0.1) is 0 Å². The molecule has 0 heterocycles. The summed E-state index contributed by atoms with van der Waals surface area (Å²) < 4.78 is 5.60. The largest absolute Gasteiger partial charge is 0.374 e. The van der Waals surface area contributed by atoms with Gasteiger partial charge in [0.15, 0.2) is 0 Å². The van der Waals surface area contributed by atoms with Crippen molar-refractivity contribution >= 4 is 23.4 Å². The molecule has 7 nitrogen and oxygen atoms in total. The SMILES string of the molecule is CC(C)C[C@H](C(=O)N[C@@H](CCCCC(N)=O)C(=O)Nc1ccc(COC(C)C)cc1)C(C)C. The smallest absolute Gasteiger partial charge is 0.246 e. The Morgan fingerprint density at radius 1 is 0.939 bits per heavy atom. The van der Waals surface area contributed by atoms with Gasteiger partial charge in [0.05, 0.1) is 12.7 Å². The summed E-state index contributed by atoms with van der Waals surface area (Å²) in [5.74, 6) is -0.337. The zero-order valence-electron chi connectivity index (χ0n) is 21.1. The predicted octanol–water partition coefficient (Wildman–Crippen LogP) is 4.40. The van der Waals surface area contributed by atoms with Gasteiger partial charge in [0, 0.05) is 18.0 Å². The number of nitrogens with two attached hydrogens (primary N) is 1. The molecule has 0 bridgehead atoms. The molecular weight excluding hydrogens is 418 g/mol. The lowest BCUT2D eigenvalue weighted by atomic mass is 9.86. The topological polar surface area (TPSA) is 111 Å². The van der Waals surface area contributed by atoms with Crippen LogP contribution in [0, 0.1) is 17.8 Å². The first-order chi connectivity index (χ1) is 15.5. The second-order valence-electron chi connectivity index (χ2n) is 9.80. The van der Waals surface area contributed by atoms with Gasteiger partial charge in [0.25, 0.3) is 0 Å². The Bertz CT molecular complexity index is 744. The molecule has 0 aliphatic heterocycles. The van der Waals surface area contributed by atoms with Gasteiger partial charge in [-0.3, -0.25) is 14.4 Å². The molecule has 0 saturated carbocycles. The van der Waals surface area contributed by atoms with E-state index in [-0.39, 0.29) is 42.1 Å². The lowest BCUT2D eigenvalue weighted by Crippen LogP contribution is -2.47. The number of carbonyl (C=O) groups is 3. The number of primary amides is 1. The number of anilines is 1. The fourth-order valence-electron chi connectivity index (χ4n) is 3.56. The van der Waals surface area contributed by atoms with Crippen molar-refractivity contribution in [3.63, 3.8) is 0 Å². The van der Waals surface area contributed by atoms with E-state index in [0.717, 1.165) is 12.0 Å². The van der Waals surface area contributed by atoms with Crippen molar-refractivity contribution in [1.29, 1.82) is 0 Å². The van der Waals surface area contributed by atoms with Crippen LogP contribution in [-0.4, -0.2) is 29.9 Å². The number of unbranched alkanes of at least 4 members (excludes halogenated alkanes) is 1. The van der Waals surface area contributed by atoms with E-state index in [1.54, 1.807) is 0 Å². The third-order valence-corrected chi connectivity index (χ3v) is 5.47.